The molecule has 3 N–H and O–H groups in total. The fourth-order valence-corrected chi connectivity index (χ4v) is 3.15. The van der Waals surface area contributed by atoms with Gasteiger partial charge in [0.1, 0.15) is 5.75 Å². The van der Waals surface area contributed by atoms with E-state index in [4.69, 9.17) is 9.47 Å². The van der Waals surface area contributed by atoms with Crippen LogP contribution in [0.3, 0.4) is 0 Å². The van der Waals surface area contributed by atoms with E-state index in [0.717, 1.165) is 0 Å². The van der Waals surface area contributed by atoms with Crippen molar-refractivity contribution in [3.8, 4) is 11.6 Å². The normalized spacial score (nSPS) is 24.4. The van der Waals surface area contributed by atoms with E-state index in [-0.39, 0.29) is 25.7 Å². The van der Waals surface area contributed by atoms with Crippen molar-refractivity contribution >= 4 is 5.91 Å². The van der Waals surface area contributed by atoms with E-state index in [0.29, 0.717) is 24.5 Å². The zero-order valence-electron chi connectivity index (χ0n) is 14.8. The molecule has 8 nitrogen and oxygen atoms in total. The smallest absolute Gasteiger partial charge is 0.257 e. The van der Waals surface area contributed by atoms with Crippen molar-refractivity contribution in [1.82, 2.24) is 15.3 Å². The molecule has 3 rings (SSSR count). The maximum atomic E-state index is 12.1. The first kappa shape index (κ1) is 19.1. The van der Waals surface area contributed by atoms with Gasteiger partial charge in [-0.2, -0.15) is 0 Å². The second-order valence-corrected chi connectivity index (χ2v) is 6.75. The Bertz CT molecular complexity index is 719. The Kier molecular flexibility index (Phi) is 6.20. The minimum atomic E-state index is -0.854. The van der Waals surface area contributed by atoms with E-state index >= 15 is 0 Å². The number of carbonyl (C=O) groups is 1. The number of nitrogens with zero attached hydrogens (tertiary/aromatic N) is 2. The molecule has 1 heterocycles. The van der Waals surface area contributed by atoms with Gasteiger partial charge in [0.2, 0.25) is 5.88 Å². The number of hydrogen-bond donors (Lipinski definition) is 3. The van der Waals surface area contributed by atoms with E-state index in [1.54, 1.807) is 18.3 Å². The molecule has 0 saturated heterocycles. The van der Waals surface area contributed by atoms with Gasteiger partial charge >= 0.3 is 0 Å². The van der Waals surface area contributed by atoms with E-state index in [2.05, 4.69) is 15.3 Å². The fourth-order valence-electron chi connectivity index (χ4n) is 3.15. The van der Waals surface area contributed by atoms with E-state index < -0.39 is 17.6 Å². The number of aliphatic hydroxyl groups is 2. The van der Waals surface area contributed by atoms with Crippen LogP contribution in [0, 0.1) is 5.41 Å². The fraction of sp³-hybridized carbons (Fsp3) is 0.421. The topological polar surface area (TPSA) is 114 Å². The van der Waals surface area contributed by atoms with Crippen LogP contribution in [0.4, 0.5) is 0 Å². The molecular formula is C19H23N3O5. The number of para-hydroxylation sites is 1. The van der Waals surface area contributed by atoms with Gasteiger partial charge in [0.25, 0.3) is 5.91 Å². The van der Waals surface area contributed by atoms with Crippen molar-refractivity contribution < 1.29 is 24.5 Å². The van der Waals surface area contributed by atoms with Crippen LogP contribution in [-0.2, 0) is 4.79 Å². The summed E-state index contributed by atoms with van der Waals surface area (Å²) in [5.41, 5.74) is -0.598. The lowest BCUT2D eigenvalue weighted by Gasteiger charge is -2.28. The van der Waals surface area contributed by atoms with Gasteiger partial charge in [0.15, 0.2) is 6.61 Å². The second kappa shape index (κ2) is 8.79. The van der Waals surface area contributed by atoms with E-state index in [9.17, 15) is 15.0 Å². The summed E-state index contributed by atoms with van der Waals surface area (Å²) in [4.78, 5) is 20.1. The number of nitrogens with one attached hydrogen (secondary N) is 1. The van der Waals surface area contributed by atoms with Gasteiger partial charge in [-0.3, -0.25) is 9.78 Å². The molecule has 144 valence electrons. The number of aromatic nitrogens is 2. The van der Waals surface area contributed by atoms with Crippen LogP contribution in [0.15, 0.2) is 48.9 Å². The largest absolute Gasteiger partial charge is 0.484 e. The summed E-state index contributed by atoms with van der Waals surface area (Å²) in [6, 6.07) is 9.06. The first-order valence-electron chi connectivity index (χ1n) is 8.76. The maximum absolute atomic E-state index is 12.1. The van der Waals surface area contributed by atoms with Crippen LogP contribution in [0.5, 0.6) is 11.6 Å². The summed E-state index contributed by atoms with van der Waals surface area (Å²) in [7, 11) is 0. The minimum Gasteiger partial charge on any atom is -0.484 e. The first-order valence-corrected chi connectivity index (χ1v) is 8.76. The molecule has 0 bridgehead atoms. The average Bonchev–Trinajstić information content (AvgIpc) is 2.99. The third-order valence-electron chi connectivity index (χ3n) is 4.57. The third-order valence-corrected chi connectivity index (χ3v) is 4.57. The van der Waals surface area contributed by atoms with Crippen LogP contribution in [-0.4, -0.2) is 58.1 Å². The molecular weight excluding hydrogens is 350 g/mol. The molecule has 2 atom stereocenters. The molecule has 1 aliphatic carbocycles. The van der Waals surface area contributed by atoms with Crippen LogP contribution in [0.25, 0.3) is 0 Å². The molecule has 0 radical (unpaired) electrons. The zero-order chi connectivity index (χ0) is 19.1. The lowest BCUT2D eigenvalue weighted by Crippen LogP contribution is -2.42. The first-order chi connectivity index (χ1) is 13.1. The molecule has 2 unspecified atom stereocenters. The lowest BCUT2D eigenvalue weighted by atomic mass is 9.86. The van der Waals surface area contributed by atoms with Gasteiger partial charge in [-0.05, 0) is 25.0 Å². The van der Waals surface area contributed by atoms with Gasteiger partial charge in [-0.1, -0.05) is 18.2 Å². The van der Waals surface area contributed by atoms with Gasteiger partial charge in [-0.25, -0.2) is 4.98 Å². The predicted octanol–water partition coefficient (Wildman–Crippen LogP) is 0.553. The number of benzene rings is 1. The Balaban J connectivity index is 1.54. The summed E-state index contributed by atoms with van der Waals surface area (Å²) in [6.45, 7) is 0.328. The molecule has 1 aliphatic rings. The van der Waals surface area contributed by atoms with Crippen molar-refractivity contribution in [3.05, 3.63) is 48.9 Å². The van der Waals surface area contributed by atoms with Gasteiger partial charge < -0.3 is 25.0 Å². The van der Waals surface area contributed by atoms with Crippen LogP contribution in [0.2, 0.25) is 0 Å². The molecule has 1 aromatic heterocycles. The highest BCUT2D eigenvalue weighted by Gasteiger charge is 2.45. The van der Waals surface area contributed by atoms with Crippen molar-refractivity contribution in [3.63, 3.8) is 0 Å². The number of ether oxygens (including phenoxy) is 2. The highest BCUT2D eigenvalue weighted by molar-refractivity contribution is 5.77. The number of carbonyl (C=O) groups excluding carboxylic acids is 1. The molecule has 1 fully saturated rings. The Morgan fingerprint density at radius 1 is 1.15 bits per heavy atom. The van der Waals surface area contributed by atoms with Crippen LogP contribution < -0.4 is 14.8 Å². The molecule has 1 aromatic carbocycles. The zero-order valence-corrected chi connectivity index (χ0v) is 14.8. The Morgan fingerprint density at radius 3 is 2.56 bits per heavy atom. The van der Waals surface area contributed by atoms with Crippen molar-refractivity contribution in [1.29, 1.82) is 0 Å². The Morgan fingerprint density at radius 2 is 1.89 bits per heavy atom. The SMILES string of the molecule is O=C(COc1ccccc1)NCC1(COc2cnccn2)CC(O)C(O)C1. The standard InChI is InChI=1S/C19H23N3O5/c23-15-8-19(9-16(15)24,13-27-18-10-20-6-7-21-18)12-22-17(25)11-26-14-4-2-1-3-5-14/h1-7,10,15-16,23-24H,8-9,11-13H2,(H,22,25). The van der Waals surface area contributed by atoms with Gasteiger partial charge in [0.05, 0.1) is 25.0 Å². The third kappa shape index (κ3) is 5.38. The van der Waals surface area contributed by atoms with Crippen molar-refractivity contribution in [2.24, 2.45) is 5.41 Å². The number of aliphatic hydroxyl groups excluding tert-OH is 2. The number of rotatable bonds is 8. The average molecular weight is 373 g/mol. The Hall–Kier alpha value is -2.71. The van der Waals surface area contributed by atoms with Crippen molar-refractivity contribution in [2.75, 3.05) is 19.8 Å². The highest BCUT2D eigenvalue weighted by atomic mass is 16.5. The Labute approximate surface area is 157 Å². The summed E-state index contributed by atoms with van der Waals surface area (Å²) in [5, 5.41) is 22.8. The molecule has 0 aliphatic heterocycles. The van der Waals surface area contributed by atoms with Crippen LogP contribution >= 0.6 is 0 Å². The number of amides is 1. The summed E-state index contributed by atoms with van der Waals surface area (Å²) in [6.07, 6.45) is 3.47. The molecule has 27 heavy (non-hydrogen) atoms. The maximum Gasteiger partial charge on any atom is 0.257 e. The minimum absolute atomic E-state index is 0.115. The number of hydrogen-bond acceptors (Lipinski definition) is 7. The monoisotopic (exact) mass is 373 g/mol. The van der Waals surface area contributed by atoms with Gasteiger partial charge in [-0.15, -0.1) is 0 Å². The van der Waals surface area contributed by atoms with Crippen molar-refractivity contribution in [2.45, 2.75) is 25.0 Å². The highest BCUT2D eigenvalue weighted by Crippen LogP contribution is 2.38. The quantitative estimate of drug-likeness (QED) is 0.619. The summed E-state index contributed by atoms with van der Waals surface area (Å²) in [5.74, 6) is 0.681. The molecule has 2 aromatic rings. The molecule has 8 heteroatoms. The predicted molar refractivity (Wildman–Crippen MR) is 96.2 cm³/mol. The molecule has 0 spiro atoms. The van der Waals surface area contributed by atoms with Crippen LogP contribution in [0.1, 0.15) is 12.8 Å². The van der Waals surface area contributed by atoms with E-state index in [1.807, 2.05) is 18.2 Å². The second-order valence-electron chi connectivity index (χ2n) is 6.75. The van der Waals surface area contributed by atoms with E-state index in [1.165, 1.54) is 12.4 Å². The summed E-state index contributed by atoms with van der Waals surface area (Å²) >= 11 is 0. The van der Waals surface area contributed by atoms with Gasteiger partial charge in [0, 0.05) is 24.4 Å². The molecule has 1 amide bonds. The lowest BCUT2D eigenvalue weighted by molar-refractivity contribution is -0.123. The molecule has 1 saturated carbocycles. The summed E-state index contributed by atoms with van der Waals surface area (Å²) < 4.78 is 11.1.